The van der Waals surface area contributed by atoms with Gasteiger partial charge in [0.15, 0.2) is 0 Å². The summed E-state index contributed by atoms with van der Waals surface area (Å²) in [5, 5.41) is 0.360. The van der Waals surface area contributed by atoms with Crippen molar-refractivity contribution in [3.63, 3.8) is 0 Å². The molecule has 1 aromatic rings. The third kappa shape index (κ3) is 4.55. The Kier molecular flexibility index (Phi) is 5.14. The van der Waals surface area contributed by atoms with Gasteiger partial charge in [0.25, 0.3) is 0 Å². The van der Waals surface area contributed by atoms with E-state index in [4.69, 9.17) is 11.6 Å². The molecule has 0 saturated carbocycles. The Bertz CT molecular complexity index is 357. The highest BCUT2D eigenvalue weighted by molar-refractivity contribution is 7.99. The summed E-state index contributed by atoms with van der Waals surface area (Å²) in [7, 11) is 0. The molecule has 1 amide bonds. The number of hydrogen-bond donors (Lipinski definition) is 3. The van der Waals surface area contributed by atoms with Crippen molar-refractivity contribution in [1.29, 1.82) is 0 Å². The molecule has 0 aromatic heterocycles. The summed E-state index contributed by atoms with van der Waals surface area (Å²) in [4.78, 5) is 12.1. The molecule has 0 radical (unpaired) electrons. The minimum absolute atomic E-state index is 0.125. The van der Waals surface area contributed by atoms with E-state index in [1.807, 2.05) is 24.3 Å². The molecule has 0 spiro atoms. The van der Waals surface area contributed by atoms with Crippen molar-refractivity contribution in [3.05, 3.63) is 24.3 Å². The molecule has 1 rings (SSSR count). The maximum atomic E-state index is 11.0. The SMILES string of the molecule is CC(CCC(=O)NN)Sc1cccc(N)c1. The van der Waals surface area contributed by atoms with Crippen molar-refractivity contribution in [1.82, 2.24) is 5.43 Å². The van der Waals surface area contributed by atoms with E-state index in [0.29, 0.717) is 11.7 Å². The summed E-state index contributed by atoms with van der Waals surface area (Å²) in [6, 6.07) is 7.73. The smallest absolute Gasteiger partial charge is 0.233 e. The summed E-state index contributed by atoms with van der Waals surface area (Å²) in [5.74, 6) is 4.88. The van der Waals surface area contributed by atoms with Gasteiger partial charge in [-0.05, 0) is 24.6 Å². The molecule has 1 aromatic carbocycles. The fourth-order valence-electron chi connectivity index (χ4n) is 1.29. The molecule has 0 fully saturated rings. The number of benzene rings is 1. The first-order chi connectivity index (χ1) is 7.61. The van der Waals surface area contributed by atoms with Gasteiger partial charge in [0.1, 0.15) is 0 Å². The Morgan fingerprint density at radius 1 is 1.56 bits per heavy atom. The Labute approximate surface area is 99.7 Å². The zero-order chi connectivity index (χ0) is 12.0. The van der Waals surface area contributed by atoms with Crippen molar-refractivity contribution in [2.75, 3.05) is 5.73 Å². The predicted octanol–water partition coefficient (Wildman–Crippen LogP) is 1.52. The lowest BCUT2D eigenvalue weighted by atomic mass is 10.2. The van der Waals surface area contributed by atoms with Crippen molar-refractivity contribution >= 4 is 23.4 Å². The maximum Gasteiger partial charge on any atom is 0.233 e. The fraction of sp³-hybridized carbons (Fsp3) is 0.364. The molecule has 0 aliphatic rings. The second-order valence-corrected chi connectivity index (χ2v) is 5.12. The van der Waals surface area contributed by atoms with Gasteiger partial charge in [-0.1, -0.05) is 13.0 Å². The van der Waals surface area contributed by atoms with Gasteiger partial charge in [0, 0.05) is 22.3 Å². The predicted molar refractivity (Wildman–Crippen MR) is 67.7 cm³/mol. The summed E-state index contributed by atoms with van der Waals surface area (Å²) in [6.07, 6.45) is 1.25. The monoisotopic (exact) mass is 239 g/mol. The summed E-state index contributed by atoms with van der Waals surface area (Å²) in [6.45, 7) is 2.08. The summed E-state index contributed by atoms with van der Waals surface area (Å²) in [5.41, 5.74) is 8.57. The number of anilines is 1. The fourth-order valence-corrected chi connectivity index (χ4v) is 2.35. The number of amides is 1. The summed E-state index contributed by atoms with van der Waals surface area (Å²) >= 11 is 1.71. The van der Waals surface area contributed by atoms with Crippen molar-refractivity contribution < 1.29 is 4.79 Å². The zero-order valence-electron chi connectivity index (χ0n) is 9.27. The van der Waals surface area contributed by atoms with Crippen LogP contribution in [0.3, 0.4) is 0 Å². The minimum Gasteiger partial charge on any atom is -0.399 e. The Balaban J connectivity index is 2.39. The van der Waals surface area contributed by atoms with Crippen molar-refractivity contribution in [3.8, 4) is 0 Å². The molecular formula is C11H17N3OS. The molecule has 5 N–H and O–H groups in total. The van der Waals surface area contributed by atoms with Crippen molar-refractivity contribution in [2.24, 2.45) is 5.84 Å². The molecule has 16 heavy (non-hydrogen) atoms. The van der Waals surface area contributed by atoms with Crippen LogP contribution in [-0.4, -0.2) is 11.2 Å². The molecular weight excluding hydrogens is 222 g/mol. The van der Waals surface area contributed by atoms with Crippen LogP contribution in [0, 0.1) is 0 Å². The van der Waals surface area contributed by atoms with Crippen LogP contribution < -0.4 is 17.0 Å². The largest absolute Gasteiger partial charge is 0.399 e. The van der Waals surface area contributed by atoms with Gasteiger partial charge < -0.3 is 5.73 Å². The van der Waals surface area contributed by atoms with Crippen LogP contribution in [0.15, 0.2) is 29.2 Å². The van der Waals surface area contributed by atoms with E-state index in [0.717, 1.165) is 17.0 Å². The van der Waals surface area contributed by atoms with Gasteiger partial charge in [-0.3, -0.25) is 10.2 Å². The van der Waals surface area contributed by atoms with Crippen molar-refractivity contribution in [2.45, 2.75) is 29.9 Å². The van der Waals surface area contributed by atoms with Crippen LogP contribution in [0.25, 0.3) is 0 Å². The first-order valence-electron chi connectivity index (χ1n) is 5.13. The normalized spacial score (nSPS) is 12.1. The number of carbonyl (C=O) groups is 1. The number of hydrogen-bond acceptors (Lipinski definition) is 4. The van der Waals surface area contributed by atoms with Crippen LogP contribution in [0.5, 0.6) is 0 Å². The Morgan fingerprint density at radius 2 is 2.31 bits per heavy atom. The molecule has 0 aliphatic carbocycles. The molecule has 0 saturated heterocycles. The Hall–Kier alpha value is -1.20. The van der Waals surface area contributed by atoms with Gasteiger partial charge in [0.2, 0.25) is 5.91 Å². The molecule has 0 bridgehead atoms. The molecule has 88 valence electrons. The van der Waals surface area contributed by atoms with Crippen LogP contribution in [0.2, 0.25) is 0 Å². The second kappa shape index (κ2) is 6.40. The third-order valence-electron chi connectivity index (χ3n) is 2.13. The van der Waals surface area contributed by atoms with E-state index >= 15 is 0 Å². The standard InChI is InChI=1S/C11H17N3OS/c1-8(5-6-11(15)14-13)16-10-4-2-3-9(12)7-10/h2-4,7-8H,5-6,12-13H2,1H3,(H,14,15). The van der Waals surface area contributed by atoms with Gasteiger partial charge in [-0.15, -0.1) is 11.8 Å². The maximum absolute atomic E-state index is 11.0. The minimum atomic E-state index is -0.125. The molecule has 1 atom stereocenters. The van der Waals surface area contributed by atoms with Crippen LogP contribution in [0.1, 0.15) is 19.8 Å². The highest BCUT2D eigenvalue weighted by atomic mass is 32.2. The second-order valence-electron chi connectivity index (χ2n) is 3.61. The molecule has 0 aliphatic heterocycles. The number of nitrogens with two attached hydrogens (primary N) is 2. The highest BCUT2D eigenvalue weighted by Crippen LogP contribution is 2.27. The number of carbonyl (C=O) groups excluding carboxylic acids is 1. The lowest BCUT2D eigenvalue weighted by Crippen LogP contribution is -2.30. The topological polar surface area (TPSA) is 81.1 Å². The molecule has 5 heteroatoms. The molecule has 0 heterocycles. The van der Waals surface area contributed by atoms with Crippen LogP contribution >= 0.6 is 11.8 Å². The van der Waals surface area contributed by atoms with E-state index in [2.05, 4.69) is 12.3 Å². The first-order valence-corrected chi connectivity index (χ1v) is 6.01. The highest BCUT2D eigenvalue weighted by Gasteiger charge is 2.07. The molecule has 1 unspecified atom stereocenters. The number of nitrogen functional groups attached to an aromatic ring is 1. The quantitative estimate of drug-likeness (QED) is 0.239. The van der Waals surface area contributed by atoms with E-state index in [1.165, 1.54) is 0 Å². The van der Waals surface area contributed by atoms with Gasteiger partial charge in [-0.2, -0.15) is 0 Å². The average Bonchev–Trinajstić information content (AvgIpc) is 2.26. The number of nitrogens with one attached hydrogen (secondary N) is 1. The first kappa shape index (κ1) is 12.9. The van der Waals surface area contributed by atoms with Crippen LogP contribution in [0.4, 0.5) is 5.69 Å². The van der Waals surface area contributed by atoms with Gasteiger partial charge >= 0.3 is 0 Å². The lowest BCUT2D eigenvalue weighted by Gasteiger charge is -2.10. The van der Waals surface area contributed by atoms with E-state index < -0.39 is 0 Å². The van der Waals surface area contributed by atoms with Crippen LogP contribution in [-0.2, 0) is 4.79 Å². The zero-order valence-corrected chi connectivity index (χ0v) is 10.1. The number of rotatable bonds is 5. The third-order valence-corrected chi connectivity index (χ3v) is 3.30. The molecule has 4 nitrogen and oxygen atoms in total. The van der Waals surface area contributed by atoms with E-state index in [1.54, 1.807) is 11.8 Å². The summed E-state index contributed by atoms with van der Waals surface area (Å²) < 4.78 is 0. The average molecular weight is 239 g/mol. The number of hydrazine groups is 1. The van der Waals surface area contributed by atoms with E-state index in [9.17, 15) is 4.79 Å². The number of thioether (sulfide) groups is 1. The van der Waals surface area contributed by atoms with Gasteiger partial charge in [0.05, 0.1) is 0 Å². The lowest BCUT2D eigenvalue weighted by molar-refractivity contribution is -0.121. The Morgan fingerprint density at radius 3 is 2.94 bits per heavy atom. The van der Waals surface area contributed by atoms with E-state index in [-0.39, 0.29) is 5.91 Å². The van der Waals surface area contributed by atoms with Gasteiger partial charge in [-0.25, -0.2) is 5.84 Å².